The Morgan fingerprint density at radius 2 is 2.39 bits per heavy atom. The van der Waals surface area contributed by atoms with Crippen LogP contribution in [-0.2, 0) is 11.8 Å². The standard InChI is InChI=1S/C13H16N4O/c1-17-7-10(6-14)12(16-17)15-13(18)11-5-8-2-3-9(11)4-8/h7-9,11H,2-5H2,1H3,(H,15,16,18). The Bertz CT molecular complexity index is 528. The third-order valence-corrected chi connectivity index (χ3v) is 4.27. The van der Waals surface area contributed by atoms with Crippen LogP contribution in [0.25, 0.3) is 0 Å². The monoisotopic (exact) mass is 244 g/mol. The van der Waals surface area contributed by atoms with E-state index in [9.17, 15) is 4.79 Å². The topological polar surface area (TPSA) is 70.7 Å². The number of hydrogen-bond donors (Lipinski definition) is 1. The Kier molecular flexibility index (Phi) is 2.58. The number of hydrogen-bond acceptors (Lipinski definition) is 3. The third-order valence-electron chi connectivity index (χ3n) is 4.27. The molecule has 5 heteroatoms. The molecule has 2 fully saturated rings. The van der Waals surface area contributed by atoms with Crippen molar-refractivity contribution in [3.05, 3.63) is 11.8 Å². The molecule has 3 atom stereocenters. The number of nitrogens with one attached hydrogen (secondary N) is 1. The van der Waals surface area contributed by atoms with Crippen LogP contribution < -0.4 is 5.32 Å². The number of nitriles is 1. The molecule has 94 valence electrons. The van der Waals surface area contributed by atoms with E-state index in [0.29, 0.717) is 17.3 Å². The van der Waals surface area contributed by atoms with Crippen molar-refractivity contribution in [3.63, 3.8) is 0 Å². The first-order chi connectivity index (χ1) is 8.67. The number of fused-ring (bicyclic) bond motifs is 2. The summed E-state index contributed by atoms with van der Waals surface area (Å²) in [5, 5.41) is 15.9. The fourth-order valence-corrected chi connectivity index (χ4v) is 3.44. The van der Waals surface area contributed by atoms with E-state index in [4.69, 9.17) is 5.26 Å². The van der Waals surface area contributed by atoms with Gasteiger partial charge in [0.25, 0.3) is 0 Å². The summed E-state index contributed by atoms with van der Waals surface area (Å²) in [6.07, 6.45) is 6.28. The van der Waals surface area contributed by atoms with Gasteiger partial charge in [-0.1, -0.05) is 6.42 Å². The molecule has 5 nitrogen and oxygen atoms in total. The maximum atomic E-state index is 12.2. The van der Waals surface area contributed by atoms with Crippen molar-refractivity contribution in [2.45, 2.75) is 25.7 Å². The smallest absolute Gasteiger partial charge is 0.229 e. The molecule has 0 aliphatic heterocycles. The van der Waals surface area contributed by atoms with Crippen LogP contribution in [0, 0.1) is 29.1 Å². The Balaban J connectivity index is 1.73. The molecule has 3 unspecified atom stereocenters. The van der Waals surface area contributed by atoms with E-state index in [1.54, 1.807) is 17.9 Å². The molecule has 2 aliphatic rings. The first kappa shape index (κ1) is 11.3. The van der Waals surface area contributed by atoms with Crippen molar-refractivity contribution in [2.75, 3.05) is 5.32 Å². The first-order valence-electron chi connectivity index (χ1n) is 6.42. The van der Waals surface area contributed by atoms with Gasteiger partial charge in [0.15, 0.2) is 5.82 Å². The number of amides is 1. The van der Waals surface area contributed by atoms with Crippen LogP contribution in [0.2, 0.25) is 0 Å². The second kappa shape index (κ2) is 4.13. The Hall–Kier alpha value is -1.83. The number of aryl methyl sites for hydroxylation is 1. The molecule has 0 saturated heterocycles. The Labute approximate surface area is 106 Å². The third kappa shape index (κ3) is 1.78. The number of carbonyl (C=O) groups is 1. The minimum Gasteiger partial charge on any atom is -0.308 e. The van der Waals surface area contributed by atoms with Crippen LogP contribution >= 0.6 is 0 Å². The maximum absolute atomic E-state index is 12.2. The molecule has 2 aliphatic carbocycles. The van der Waals surface area contributed by atoms with Crippen LogP contribution in [0.15, 0.2) is 6.20 Å². The highest BCUT2D eigenvalue weighted by atomic mass is 16.2. The van der Waals surface area contributed by atoms with Gasteiger partial charge in [0.1, 0.15) is 11.6 Å². The summed E-state index contributed by atoms with van der Waals surface area (Å²) >= 11 is 0. The molecule has 1 heterocycles. The van der Waals surface area contributed by atoms with E-state index in [1.807, 2.05) is 6.07 Å². The van der Waals surface area contributed by atoms with E-state index in [1.165, 1.54) is 19.3 Å². The van der Waals surface area contributed by atoms with Gasteiger partial charge in [-0.15, -0.1) is 0 Å². The average molecular weight is 244 g/mol. The molecule has 1 aromatic rings. The van der Waals surface area contributed by atoms with Crippen molar-refractivity contribution < 1.29 is 4.79 Å². The van der Waals surface area contributed by atoms with Gasteiger partial charge < -0.3 is 5.32 Å². The highest BCUT2D eigenvalue weighted by Crippen LogP contribution is 2.48. The molecule has 0 spiro atoms. The van der Waals surface area contributed by atoms with Gasteiger partial charge in [-0.3, -0.25) is 9.48 Å². The molecular weight excluding hydrogens is 228 g/mol. The molecular formula is C13H16N4O. The lowest BCUT2D eigenvalue weighted by atomic mass is 9.88. The van der Waals surface area contributed by atoms with Gasteiger partial charge in [0.2, 0.25) is 5.91 Å². The molecule has 0 radical (unpaired) electrons. The molecule has 0 aromatic carbocycles. The summed E-state index contributed by atoms with van der Waals surface area (Å²) in [6, 6.07) is 2.05. The normalized spacial score (nSPS) is 29.2. The average Bonchev–Trinajstić information content (AvgIpc) is 3.03. The second-order valence-electron chi connectivity index (χ2n) is 5.45. The van der Waals surface area contributed by atoms with Gasteiger partial charge in [-0.2, -0.15) is 10.4 Å². The number of aromatic nitrogens is 2. The van der Waals surface area contributed by atoms with Crippen molar-refractivity contribution in [3.8, 4) is 6.07 Å². The molecule has 1 N–H and O–H groups in total. The minimum absolute atomic E-state index is 0.0393. The number of nitrogens with zero attached hydrogens (tertiary/aromatic N) is 3. The quantitative estimate of drug-likeness (QED) is 0.860. The second-order valence-corrected chi connectivity index (χ2v) is 5.45. The maximum Gasteiger partial charge on any atom is 0.229 e. The molecule has 2 saturated carbocycles. The summed E-state index contributed by atoms with van der Waals surface area (Å²) in [6.45, 7) is 0. The van der Waals surface area contributed by atoms with Gasteiger partial charge in [-0.05, 0) is 31.1 Å². The molecule has 2 bridgehead atoms. The predicted molar refractivity (Wildman–Crippen MR) is 65.5 cm³/mol. The van der Waals surface area contributed by atoms with E-state index in [2.05, 4.69) is 10.4 Å². The van der Waals surface area contributed by atoms with Crippen molar-refractivity contribution in [1.82, 2.24) is 9.78 Å². The van der Waals surface area contributed by atoms with E-state index in [0.717, 1.165) is 12.3 Å². The van der Waals surface area contributed by atoms with Crippen molar-refractivity contribution in [1.29, 1.82) is 5.26 Å². The predicted octanol–water partition coefficient (Wildman–Crippen LogP) is 1.67. The minimum atomic E-state index is 0.0393. The lowest BCUT2D eigenvalue weighted by Crippen LogP contribution is -2.27. The fraction of sp³-hybridized carbons (Fsp3) is 0.615. The molecule has 18 heavy (non-hydrogen) atoms. The van der Waals surface area contributed by atoms with Gasteiger partial charge in [0.05, 0.1) is 0 Å². The molecule has 1 amide bonds. The number of anilines is 1. The van der Waals surface area contributed by atoms with Crippen LogP contribution in [-0.4, -0.2) is 15.7 Å². The van der Waals surface area contributed by atoms with Gasteiger partial charge >= 0.3 is 0 Å². The molecule has 3 rings (SSSR count). The first-order valence-corrected chi connectivity index (χ1v) is 6.42. The summed E-state index contributed by atoms with van der Waals surface area (Å²) in [5.41, 5.74) is 0.425. The largest absolute Gasteiger partial charge is 0.308 e. The van der Waals surface area contributed by atoms with Gasteiger partial charge in [0, 0.05) is 19.2 Å². The SMILES string of the molecule is Cn1cc(C#N)c(NC(=O)C2CC3CCC2C3)n1. The van der Waals surface area contributed by atoms with Crippen molar-refractivity contribution >= 4 is 11.7 Å². The zero-order valence-corrected chi connectivity index (χ0v) is 10.4. The fourth-order valence-electron chi connectivity index (χ4n) is 3.44. The summed E-state index contributed by atoms with van der Waals surface area (Å²) < 4.78 is 1.55. The van der Waals surface area contributed by atoms with Crippen LogP contribution in [0.3, 0.4) is 0 Å². The zero-order valence-electron chi connectivity index (χ0n) is 10.4. The van der Waals surface area contributed by atoms with Crippen LogP contribution in [0.1, 0.15) is 31.2 Å². The van der Waals surface area contributed by atoms with E-state index in [-0.39, 0.29) is 11.8 Å². The Morgan fingerprint density at radius 3 is 3.00 bits per heavy atom. The number of rotatable bonds is 2. The molecule has 1 aromatic heterocycles. The highest BCUT2D eigenvalue weighted by molar-refractivity contribution is 5.93. The lowest BCUT2D eigenvalue weighted by Gasteiger charge is -2.20. The Morgan fingerprint density at radius 1 is 1.56 bits per heavy atom. The highest BCUT2D eigenvalue weighted by Gasteiger charge is 2.43. The van der Waals surface area contributed by atoms with E-state index >= 15 is 0 Å². The van der Waals surface area contributed by atoms with Crippen LogP contribution in [0.4, 0.5) is 5.82 Å². The van der Waals surface area contributed by atoms with Gasteiger partial charge in [-0.25, -0.2) is 0 Å². The zero-order chi connectivity index (χ0) is 12.7. The summed E-state index contributed by atoms with van der Waals surface area (Å²) in [5.74, 6) is 1.84. The summed E-state index contributed by atoms with van der Waals surface area (Å²) in [7, 11) is 1.74. The number of carbonyl (C=O) groups excluding carboxylic acids is 1. The summed E-state index contributed by atoms with van der Waals surface area (Å²) in [4.78, 5) is 12.2. The van der Waals surface area contributed by atoms with Crippen LogP contribution in [0.5, 0.6) is 0 Å². The van der Waals surface area contributed by atoms with Crippen molar-refractivity contribution in [2.24, 2.45) is 24.8 Å². The van der Waals surface area contributed by atoms with E-state index < -0.39 is 0 Å². The lowest BCUT2D eigenvalue weighted by molar-refractivity contribution is -0.121.